The van der Waals surface area contributed by atoms with Crippen LogP contribution < -0.4 is 0 Å². The molecule has 2 aliphatic rings. The first-order chi connectivity index (χ1) is 11.5. The molecule has 0 atom stereocenters. The molecule has 0 bridgehead atoms. The highest BCUT2D eigenvalue weighted by Gasteiger charge is 2.32. The van der Waals surface area contributed by atoms with E-state index in [1.807, 2.05) is 0 Å². The Hall–Kier alpha value is -2.00. The second kappa shape index (κ2) is 6.86. The van der Waals surface area contributed by atoms with Crippen molar-refractivity contribution in [1.82, 2.24) is 19.1 Å². The van der Waals surface area contributed by atoms with Crippen molar-refractivity contribution >= 4 is 21.8 Å². The van der Waals surface area contributed by atoms with Crippen molar-refractivity contribution in [3.63, 3.8) is 0 Å². The summed E-state index contributed by atoms with van der Waals surface area (Å²) in [6, 6.07) is 4.76. The first kappa shape index (κ1) is 16.8. The lowest BCUT2D eigenvalue weighted by Crippen LogP contribution is -2.52. The van der Waals surface area contributed by atoms with E-state index in [2.05, 4.69) is 4.98 Å². The van der Waals surface area contributed by atoms with Gasteiger partial charge in [0, 0.05) is 45.3 Å². The largest absolute Gasteiger partial charge is 0.339 e. The molecule has 1 aromatic rings. The molecule has 9 heteroatoms. The lowest BCUT2D eigenvalue weighted by atomic mass is 10.3. The average Bonchev–Trinajstić information content (AvgIpc) is 3.00. The van der Waals surface area contributed by atoms with E-state index >= 15 is 0 Å². The van der Waals surface area contributed by atoms with Gasteiger partial charge in [0.15, 0.2) is 5.03 Å². The zero-order valence-corrected chi connectivity index (χ0v) is 14.1. The van der Waals surface area contributed by atoms with E-state index in [4.69, 9.17) is 0 Å². The number of pyridine rings is 1. The molecule has 2 aliphatic heterocycles. The van der Waals surface area contributed by atoms with Crippen LogP contribution in [0, 0.1) is 0 Å². The van der Waals surface area contributed by atoms with E-state index in [0.29, 0.717) is 26.1 Å². The van der Waals surface area contributed by atoms with Crippen LogP contribution >= 0.6 is 0 Å². The summed E-state index contributed by atoms with van der Waals surface area (Å²) in [5, 5.41) is 0.0208. The molecule has 1 aromatic heterocycles. The second-order valence-corrected chi connectivity index (χ2v) is 7.76. The first-order valence-corrected chi connectivity index (χ1v) is 9.39. The number of likely N-dealkylation sites (tertiary alicyclic amines) is 1. The third-order valence-corrected chi connectivity index (χ3v) is 6.15. The molecule has 0 aliphatic carbocycles. The number of carbonyl (C=O) groups is 2. The summed E-state index contributed by atoms with van der Waals surface area (Å²) in [6.07, 6.45) is 2.74. The van der Waals surface area contributed by atoms with Crippen molar-refractivity contribution in [2.75, 3.05) is 39.3 Å². The van der Waals surface area contributed by atoms with Crippen LogP contribution in [-0.4, -0.2) is 78.6 Å². The van der Waals surface area contributed by atoms with Crippen molar-refractivity contribution in [2.45, 2.75) is 17.9 Å². The van der Waals surface area contributed by atoms with Crippen LogP contribution in [0.4, 0.5) is 0 Å². The highest BCUT2D eigenvalue weighted by Crippen LogP contribution is 2.16. The van der Waals surface area contributed by atoms with Gasteiger partial charge in [-0.15, -0.1) is 0 Å². The number of nitrogens with zero attached hydrogens (tertiary/aromatic N) is 4. The maximum atomic E-state index is 12.5. The molecule has 2 saturated heterocycles. The van der Waals surface area contributed by atoms with E-state index in [9.17, 15) is 18.0 Å². The number of amides is 2. The smallest absolute Gasteiger partial charge is 0.260 e. The fourth-order valence-corrected chi connectivity index (χ4v) is 4.30. The van der Waals surface area contributed by atoms with E-state index in [1.165, 1.54) is 16.6 Å². The van der Waals surface area contributed by atoms with Gasteiger partial charge in [-0.05, 0) is 18.6 Å². The molecule has 0 saturated carbocycles. The number of sulfonamides is 1. The molecule has 8 nitrogen and oxygen atoms in total. The standard InChI is InChI=1S/C15H20N4O4S/c20-14-5-3-7-18(14)12-15(21)17-8-10-19(11-9-17)24(22,23)13-4-1-2-6-16-13/h1-2,4,6H,3,5,7-12H2. The van der Waals surface area contributed by atoms with Gasteiger partial charge in [0.25, 0.3) is 10.0 Å². The quantitative estimate of drug-likeness (QED) is 0.731. The number of rotatable bonds is 4. The van der Waals surface area contributed by atoms with Crippen LogP contribution in [0.5, 0.6) is 0 Å². The van der Waals surface area contributed by atoms with Crippen LogP contribution in [0.15, 0.2) is 29.4 Å². The molecule has 3 rings (SSSR count). The summed E-state index contributed by atoms with van der Waals surface area (Å²) in [6.45, 7) is 1.83. The van der Waals surface area contributed by atoms with Gasteiger partial charge >= 0.3 is 0 Å². The van der Waals surface area contributed by atoms with Crippen LogP contribution in [-0.2, 0) is 19.6 Å². The maximum Gasteiger partial charge on any atom is 0.260 e. The SMILES string of the molecule is O=C(CN1CCCC1=O)N1CCN(S(=O)(=O)c2ccccn2)CC1. The third-order valence-electron chi connectivity index (χ3n) is 4.33. The Morgan fingerprint density at radius 3 is 2.46 bits per heavy atom. The summed E-state index contributed by atoms with van der Waals surface area (Å²) in [5.74, 6) is -0.111. The van der Waals surface area contributed by atoms with Gasteiger partial charge in [-0.2, -0.15) is 4.31 Å². The van der Waals surface area contributed by atoms with Crippen molar-refractivity contribution in [2.24, 2.45) is 0 Å². The van der Waals surface area contributed by atoms with E-state index in [0.717, 1.165) is 6.42 Å². The number of piperazine rings is 1. The van der Waals surface area contributed by atoms with Gasteiger partial charge in [-0.3, -0.25) is 9.59 Å². The molecule has 2 fully saturated rings. The molecule has 2 amide bonds. The normalized spacial score (nSPS) is 19.8. The Morgan fingerprint density at radius 2 is 1.88 bits per heavy atom. The zero-order chi connectivity index (χ0) is 17.2. The molecule has 24 heavy (non-hydrogen) atoms. The summed E-state index contributed by atoms with van der Waals surface area (Å²) < 4.78 is 26.3. The molecular formula is C15H20N4O4S. The molecule has 0 unspecified atom stereocenters. The highest BCUT2D eigenvalue weighted by atomic mass is 32.2. The molecule has 0 radical (unpaired) electrons. The third kappa shape index (κ3) is 3.41. The fourth-order valence-electron chi connectivity index (χ4n) is 2.94. The second-order valence-electron chi connectivity index (χ2n) is 5.87. The molecule has 0 spiro atoms. The van der Waals surface area contributed by atoms with E-state index in [-0.39, 0.29) is 36.5 Å². The molecule has 3 heterocycles. The summed E-state index contributed by atoms with van der Waals surface area (Å²) >= 11 is 0. The number of hydrogen-bond acceptors (Lipinski definition) is 5. The van der Waals surface area contributed by atoms with Crippen LogP contribution in [0.25, 0.3) is 0 Å². The van der Waals surface area contributed by atoms with E-state index < -0.39 is 10.0 Å². The summed E-state index contributed by atoms with van der Waals surface area (Å²) in [5.41, 5.74) is 0. The average molecular weight is 352 g/mol. The van der Waals surface area contributed by atoms with Crippen molar-refractivity contribution in [3.05, 3.63) is 24.4 Å². The molecule has 0 N–H and O–H groups in total. The Kier molecular flexibility index (Phi) is 4.81. The van der Waals surface area contributed by atoms with E-state index in [1.54, 1.807) is 21.9 Å². The van der Waals surface area contributed by atoms with Crippen molar-refractivity contribution in [3.8, 4) is 0 Å². The minimum atomic E-state index is -3.62. The lowest BCUT2D eigenvalue weighted by Gasteiger charge is -2.34. The van der Waals surface area contributed by atoms with Gasteiger partial charge in [0.2, 0.25) is 11.8 Å². The Bertz CT molecular complexity index is 714. The highest BCUT2D eigenvalue weighted by molar-refractivity contribution is 7.89. The Labute approximate surface area is 141 Å². The maximum absolute atomic E-state index is 12.5. The minimum absolute atomic E-state index is 0.0136. The summed E-state index contributed by atoms with van der Waals surface area (Å²) in [4.78, 5) is 31.0. The lowest BCUT2D eigenvalue weighted by molar-refractivity contribution is -0.139. The van der Waals surface area contributed by atoms with Crippen LogP contribution in [0.1, 0.15) is 12.8 Å². The van der Waals surface area contributed by atoms with Gasteiger partial charge < -0.3 is 9.80 Å². The Balaban J connectivity index is 1.57. The minimum Gasteiger partial charge on any atom is -0.339 e. The molecule has 0 aromatic carbocycles. The first-order valence-electron chi connectivity index (χ1n) is 7.95. The predicted molar refractivity (Wildman–Crippen MR) is 85.4 cm³/mol. The van der Waals surface area contributed by atoms with Crippen LogP contribution in [0.2, 0.25) is 0 Å². The monoisotopic (exact) mass is 352 g/mol. The number of carbonyl (C=O) groups excluding carboxylic acids is 2. The number of hydrogen-bond donors (Lipinski definition) is 0. The van der Waals surface area contributed by atoms with Gasteiger partial charge in [-0.25, -0.2) is 13.4 Å². The fraction of sp³-hybridized carbons (Fsp3) is 0.533. The topological polar surface area (TPSA) is 90.9 Å². The predicted octanol–water partition coefficient (Wildman–Crippen LogP) is -0.463. The van der Waals surface area contributed by atoms with Gasteiger partial charge in [0.05, 0.1) is 6.54 Å². The zero-order valence-electron chi connectivity index (χ0n) is 13.3. The van der Waals surface area contributed by atoms with Gasteiger partial charge in [-0.1, -0.05) is 6.07 Å². The molecule has 130 valence electrons. The molecular weight excluding hydrogens is 332 g/mol. The Morgan fingerprint density at radius 1 is 1.12 bits per heavy atom. The van der Waals surface area contributed by atoms with Crippen molar-refractivity contribution < 1.29 is 18.0 Å². The van der Waals surface area contributed by atoms with Crippen LogP contribution in [0.3, 0.4) is 0 Å². The van der Waals surface area contributed by atoms with Gasteiger partial charge in [0.1, 0.15) is 0 Å². The van der Waals surface area contributed by atoms with Crippen molar-refractivity contribution in [1.29, 1.82) is 0 Å². The number of aromatic nitrogens is 1. The summed E-state index contributed by atoms with van der Waals surface area (Å²) in [7, 11) is -3.62.